The van der Waals surface area contributed by atoms with Crippen LogP contribution in [0.15, 0.2) is 29.2 Å². The van der Waals surface area contributed by atoms with Gasteiger partial charge in [-0.25, -0.2) is 13.1 Å². The van der Waals surface area contributed by atoms with E-state index in [0.717, 1.165) is 0 Å². The molecular formula is C12H14N2O3S. The first-order valence-corrected chi connectivity index (χ1v) is 6.75. The third-order valence-corrected chi connectivity index (χ3v) is 3.52. The van der Waals surface area contributed by atoms with Gasteiger partial charge >= 0.3 is 0 Å². The van der Waals surface area contributed by atoms with Crippen molar-refractivity contribution in [3.63, 3.8) is 0 Å². The highest BCUT2D eigenvalue weighted by Crippen LogP contribution is 2.13. The summed E-state index contributed by atoms with van der Waals surface area (Å²) in [6.45, 7) is 1.58. The fraction of sp³-hybridized carbons (Fsp3) is 0.250. The highest BCUT2D eigenvalue weighted by Gasteiger charge is 2.12. The molecule has 0 aromatic heterocycles. The molecule has 2 N–H and O–H groups in total. The Labute approximate surface area is 107 Å². The molecule has 0 saturated heterocycles. The van der Waals surface area contributed by atoms with E-state index >= 15 is 0 Å². The lowest BCUT2D eigenvalue weighted by molar-refractivity contribution is -0.114. The Hall–Kier alpha value is -1.84. The van der Waals surface area contributed by atoms with Gasteiger partial charge < -0.3 is 5.32 Å². The molecule has 0 radical (unpaired) electrons. The van der Waals surface area contributed by atoms with E-state index in [1.165, 1.54) is 31.2 Å². The van der Waals surface area contributed by atoms with Crippen LogP contribution < -0.4 is 10.0 Å². The molecule has 1 aromatic rings. The van der Waals surface area contributed by atoms with Crippen LogP contribution in [0.1, 0.15) is 13.3 Å². The Morgan fingerprint density at radius 2 is 1.94 bits per heavy atom. The molecule has 0 heterocycles. The van der Waals surface area contributed by atoms with Gasteiger partial charge in [-0.3, -0.25) is 4.79 Å². The molecule has 18 heavy (non-hydrogen) atoms. The van der Waals surface area contributed by atoms with Crippen molar-refractivity contribution in [2.24, 2.45) is 0 Å². The van der Waals surface area contributed by atoms with Crippen molar-refractivity contribution >= 4 is 21.6 Å². The molecule has 0 atom stereocenters. The van der Waals surface area contributed by atoms with Gasteiger partial charge in [-0.05, 0) is 24.3 Å². The minimum Gasteiger partial charge on any atom is -0.326 e. The average molecular weight is 266 g/mol. The highest BCUT2D eigenvalue weighted by atomic mass is 32.2. The predicted octanol–water partition coefficient (Wildman–Crippen LogP) is 0.947. The molecule has 1 amide bonds. The SMILES string of the molecule is C#CCCNS(=O)(=O)c1ccc(NC(C)=O)cc1. The van der Waals surface area contributed by atoms with Gasteiger partial charge in [0.25, 0.3) is 0 Å². The molecule has 0 saturated carbocycles. The van der Waals surface area contributed by atoms with E-state index in [4.69, 9.17) is 6.42 Å². The molecule has 1 rings (SSSR count). The molecule has 1 aromatic carbocycles. The Kier molecular flexibility index (Phi) is 4.89. The zero-order valence-corrected chi connectivity index (χ0v) is 10.8. The molecule has 96 valence electrons. The third kappa shape index (κ3) is 4.20. The van der Waals surface area contributed by atoms with Gasteiger partial charge in [0.05, 0.1) is 4.90 Å². The van der Waals surface area contributed by atoms with Crippen molar-refractivity contribution in [1.82, 2.24) is 4.72 Å². The quantitative estimate of drug-likeness (QED) is 0.615. The number of benzene rings is 1. The number of hydrogen-bond donors (Lipinski definition) is 2. The van der Waals surface area contributed by atoms with Crippen LogP contribution >= 0.6 is 0 Å². The van der Waals surface area contributed by atoms with E-state index in [1.807, 2.05) is 0 Å². The fourth-order valence-corrected chi connectivity index (χ4v) is 2.29. The number of nitrogens with one attached hydrogen (secondary N) is 2. The van der Waals surface area contributed by atoms with E-state index in [1.54, 1.807) is 0 Å². The summed E-state index contributed by atoms with van der Waals surface area (Å²) >= 11 is 0. The van der Waals surface area contributed by atoms with Crippen LogP contribution in [0.2, 0.25) is 0 Å². The second kappa shape index (κ2) is 6.19. The lowest BCUT2D eigenvalue weighted by Crippen LogP contribution is -2.24. The Morgan fingerprint density at radius 3 is 2.44 bits per heavy atom. The Morgan fingerprint density at radius 1 is 1.33 bits per heavy atom. The number of sulfonamides is 1. The second-order valence-corrected chi connectivity index (χ2v) is 5.32. The minimum absolute atomic E-state index is 0.133. The topological polar surface area (TPSA) is 75.3 Å². The molecule has 6 heteroatoms. The lowest BCUT2D eigenvalue weighted by Gasteiger charge is -2.06. The van der Waals surface area contributed by atoms with Gasteiger partial charge in [0.2, 0.25) is 15.9 Å². The van der Waals surface area contributed by atoms with Crippen LogP contribution in [-0.2, 0) is 14.8 Å². The summed E-state index contributed by atoms with van der Waals surface area (Å²) in [7, 11) is -3.54. The molecule has 5 nitrogen and oxygen atoms in total. The summed E-state index contributed by atoms with van der Waals surface area (Å²) in [5, 5.41) is 2.56. The van der Waals surface area contributed by atoms with Gasteiger partial charge in [0.1, 0.15) is 0 Å². The van der Waals surface area contributed by atoms with Crippen LogP contribution in [-0.4, -0.2) is 20.9 Å². The maximum atomic E-state index is 11.8. The number of amides is 1. The number of carbonyl (C=O) groups is 1. The van der Waals surface area contributed by atoms with Crippen molar-refractivity contribution in [2.75, 3.05) is 11.9 Å². The zero-order valence-electron chi connectivity index (χ0n) is 9.93. The molecule has 0 unspecified atom stereocenters. The summed E-state index contributed by atoms with van der Waals surface area (Å²) in [6, 6.07) is 5.89. The van der Waals surface area contributed by atoms with Gasteiger partial charge in [-0.1, -0.05) is 0 Å². The number of hydrogen-bond acceptors (Lipinski definition) is 3. The smallest absolute Gasteiger partial charge is 0.240 e. The second-order valence-electron chi connectivity index (χ2n) is 3.56. The fourth-order valence-electron chi connectivity index (χ4n) is 1.26. The first-order valence-electron chi connectivity index (χ1n) is 5.26. The minimum atomic E-state index is -3.54. The van der Waals surface area contributed by atoms with Crippen LogP contribution in [0, 0.1) is 12.3 Å². The van der Waals surface area contributed by atoms with Crippen molar-refractivity contribution in [1.29, 1.82) is 0 Å². The first kappa shape index (κ1) is 14.2. The maximum Gasteiger partial charge on any atom is 0.240 e. The molecule has 0 aliphatic rings. The Balaban J connectivity index is 2.78. The summed E-state index contributed by atoms with van der Waals surface area (Å²) < 4.78 is 25.9. The lowest BCUT2D eigenvalue weighted by atomic mass is 10.3. The van der Waals surface area contributed by atoms with Crippen molar-refractivity contribution in [3.8, 4) is 12.3 Å². The van der Waals surface area contributed by atoms with Gasteiger partial charge in [0.15, 0.2) is 0 Å². The highest BCUT2D eigenvalue weighted by molar-refractivity contribution is 7.89. The van der Waals surface area contributed by atoms with Crippen molar-refractivity contribution in [2.45, 2.75) is 18.2 Å². The summed E-state index contributed by atoms with van der Waals surface area (Å²) in [5.74, 6) is 2.14. The molecule has 0 aliphatic carbocycles. The monoisotopic (exact) mass is 266 g/mol. The number of carbonyl (C=O) groups excluding carboxylic acids is 1. The van der Waals surface area contributed by atoms with Crippen molar-refractivity contribution in [3.05, 3.63) is 24.3 Å². The van der Waals surface area contributed by atoms with Crippen LogP contribution in [0.5, 0.6) is 0 Å². The molecular weight excluding hydrogens is 252 g/mol. The Bertz CT molecular complexity index is 556. The van der Waals surface area contributed by atoms with E-state index in [9.17, 15) is 13.2 Å². The van der Waals surface area contributed by atoms with E-state index in [0.29, 0.717) is 12.1 Å². The van der Waals surface area contributed by atoms with E-state index in [-0.39, 0.29) is 17.3 Å². The summed E-state index contributed by atoms with van der Waals surface area (Å²) in [6.07, 6.45) is 5.37. The number of terminal acetylenes is 1. The predicted molar refractivity (Wildman–Crippen MR) is 69.4 cm³/mol. The molecule has 0 spiro atoms. The molecule has 0 fully saturated rings. The third-order valence-electron chi connectivity index (χ3n) is 2.05. The van der Waals surface area contributed by atoms with Gasteiger partial charge in [0, 0.05) is 25.6 Å². The van der Waals surface area contributed by atoms with Gasteiger partial charge in [-0.2, -0.15) is 0 Å². The zero-order chi connectivity index (χ0) is 13.6. The standard InChI is InChI=1S/C12H14N2O3S/c1-3-4-9-13-18(16,17)12-7-5-11(6-8-12)14-10(2)15/h1,5-8,13H,4,9H2,2H3,(H,14,15). The van der Waals surface area contributed by atoms with E-state index < -0.39 is 10.0 Å². The van der Waals surface area contributed by atoms with Crippen molar-refractivity contribution < 1.29 is 13.2 Å². The normalized spacial score (nSPS) is 10.7. The largest absolute Gasteiger partial charge is 0.326 e. The van der Waals surface area contributed by atoms with Crippen LogP contribution in [0.3, 0.4) is 0 Å². The number of rotatable bonds is 5. The molecule has 0 bridgehead atoms. The van der Waals surface area contributed by atoms with Crippen LogP contribution in [0.4, 0.5) is 5.69 Å². The van der Waals surface area contributed by atoms with E-state index in [2.05, 4.69) is 16.0 Å². The molecule has 0 aliphatic heterocycles. The summed E-state index contributed by atoms with van der Waals surface area (Å²) in [5.41, 5.74) is 0.546. The summed E-state index contributed by atoms with van der Waals surface area (Å²) in [4.78, 5) is 10.9. The maximum absolute atomic E-state index is 11.8. The van der Waals surface area contributed by atoms with Gasteiger partial charge in [-0.15, -0.1) is 12.3 Å². The van der Waals surface area contributed by atoms with Crippen LogP contribution in [0.25, 0.3) is 0 Å². The average Bonchev–Trinajstić information content (AvgIpc) is 2.29. The number of anilines is 1. The first-order chi connectivity index (χ1) is 8.45.